The summed E-state index contributed by atoms with van der Waals surface area (Å²) in [5, 5.41) is 17.3. The number of aryl methyl sites for hydroxylation is 1. The van der Waals surface area contributed by atoms with Crippen LogP contribution in [0.25, 0.3) is 22.3 Å². The number of fused-ring (bicyclic) bond motifs is 1. The number of benzene rings is 1. The van der Waals surface area contributed by atoms with Gasteiger partial charge in [0.1, 0.15) is 5.69 Å². The van der Waals surface area contributed by atoms with E-state index in [9.17, 15) is 9.90 Å². The van der Waals surface area contributed by atoms with Gasteiger partial charge in [-0.1, -0.05) is 0 Å². The number of likely N-dealkylation sites (N-methyl/N-ethyl adjacent to an activating group) is 1. The summed E-state index contributed by atoms with van der Waals surface area (Å²) in [5.41, 5.74) is 3.33. The number of nitrogens with zero attached hydrogens (tertiary/aromatic N) is 8. The fraction of sp³-hybridized carbons (Fsp3) is 0.515. The molecule has 2 N–H and O–H groups in total. The van der Waals surface area contributed by atoms with E-state index in [1.807, 2.05) is 6.07 Å². The predicted octanol–water partition coefficient (Wildman–Crippen LogP) is 3.92. The van der Waals surface area contributed by atoms with Crippen molar-refractivity contribution in [2.24, 2.45) is 7.05 Å². The maximum absolute atomic E-state index is 15.6. The minimum Gasteiger partial charge on any atom is -0.393 e. The Morgan fingerprint density at radius 3 is 2.42 bits per heavy atom. The van der Waals surface area contributed by atoms with Crippen molar-refractivity contribution in [2.75, 3.05) is 56.5 Å². The van der Waals surface area contributed by atoms with Gasteiger partial charge in [-0.25, -0.2) is 9.37 Å². The zero-order valence-electron chi connectivity index (χ0n) is 26.1. The number of nitrogens with one attached hydrogen (secondary N) is 1. The van der Waals surface area contributed by atoms with Crippen LogP contribution in [0.5, 0.6) is 0 Å². The smallest absolute Gasteiger partial charge is 0.261 e. The molecule has 11 nitrogen and oxygen atoms in total. The number of aliphatic hydroxyl groups excluding tert-OH is 1. The first-order chi connectivity index (χ1) is 21.8. The van der Waals surface area contributed by atoms with E-state index in [2.05, 4.69) is 53.8 Å². The number of carbonyl (C=O) groups is 1. The fourth-order valence-corrected chi connectivity index (χ4v) is 7.26. The lowest BCUT2D eigenvalue weighted by atomic mass is 9.93. The van der Waals surface area contributed by atoms with E-state index in [1.165, 1.54) is 18.5 Å². The van der Waals surface area contributed by atoms with E-state index in [1.54, 1.807) is 17.9 Å². The van der Waals surface area contributed by atoms with Crippen LogP contribution in [0.15, 0.2) is 42.9 Å². The molecule has 12 heteroatoms. The number of piperidine rings is 1. The SMILES string of the molecule is CN1CCN(C2CCN(c3ccc4nc(NC(=O)c5ccnc(-c6cnn(C)c6)c5F)n(C5CCC(O)CC5)c4c3)CC2)CC1. The highest BCUT2D eigenvalue weighted by atomic mass is 19.1. The van der Waals surface area contributed by atoms with Crippen LogP contribution in [-0.2, 0) is 7.05 Å². The van der Waals surface area contributed by atoms with Crippen molar-refractivity contribution < 1.29 is 14.3 Å². The van der Waals surface area contributed by atoms with Crippen molar-refractivity contribution in [3.63, 3.8) is 0 Å². The van der Waals surface area contributed by atoms with E-state index in [0.717, 1.165) is 81.7 Å². The number of imidazole rings is 1. The van der Waals surface area contributed by atoms with Gasteiger partial charge in [-0.15, -0.1) is 0 Å². The van der Waals surface area contributed by atoms with E-state index >= 15 is 4.39 Å². The maximum atomic E-state index is 15.6. The topological polar surface area (TPSA) is 108 Å². The lowest BCUT2D eigenvalue weighted by molar-refractivity contribution is 0.0982. The summed E-state index contributed by atoms with van der Waals surface area (Å²) in [5.74, 6) is -0.895. The zero-order chi connectivity index (χ0) is 31.1. The van der Waals surface area contributed by atoms with Gasteiger partial charge in [0.05, 0.1) is 28.9 Å². The molecule has 0 spiro atoms. The van der Waals surface area contributed by atoms with Crippen LogP contribution in [0.3, 0.4) is 0 Å². The van der Waals surface area contributed by atoms with Gasteiger partial charge in [0.25, 0.3) is 5.91 Å². The Hall–Kier alpha value is -3.87. The lowest BCUT2D eigenvalue weighted by Crippen LogP contribution is -2.52. The van der Waals surface area contributed by atoms with Gasteiger partial charge in [-0.2, -0.15) is 5.10 Å². The molecule has 0 unspecified atom stereocenters. The number of aliphatic hydroxyl groups is 1. The van der Waals surface area contributed by atoms with Crippen LogP contribution in [0.1, 0.15) is 54.9 Å². The number of aromatic nitrogens is 5. The first-order valence-electron chi connectivity index (χ1n) is 16.2. The van der Waals surface area contributed by atoms with Crippen LogP contribution in [0.4, 0.5) is 16.0 Å². The Kier molecular flexibility index (Phi) is 8.28. The molecule has 1 amide bonds. The Morgan fingerprint density at radius 2 is 1.71 bits per heavy atom. The highest BCUT2D eigenvalue weighted by Gasteiger charge is 2.29. The number of hydrogen-bond acceptors (Lipinski definition) is 8. The van der Waals surface area contributed by atoms with Gasteiger partial charge in [-0.3, -0.25) is 24.7 Å². The summed E-state index contributed by atoms with van der Waals surface area (Å²) in [6, 6.07) is 8.40. The van der Waals surface area contributed by atoms with E-state index in [4.69, 9.17) is 4.98 Å². The summed E-state index contributed by atoms with van der Waals surface area (Å²) in [4.78, 5) is 30.1. The second-order valence-corrected chi connectivity index (χ2v) is 12.9. The standard InChI is InChI=1S/C33H42FN9O2/c1-39-15-17-42(18-16-39)23-10-13-41(14-11-23)25-5-8-28-29(19-25)43(24-3-6-26(44)7-4-24)33(37-28)38-32(45)27-9-12-35-31(30(27)34)22-20-36-40(2)21-22/h5,8-9,12,19-21,23-24,26,44H,3-4,6-7,10-11,13-18H2,1-2H3,(H,37,38,45). The molecule has 45 heavy (non-hydrogen) atoms. The highest BCUT2D eigenvalue weighted by molar-refractivity contribution is 6.05. The van der Waals surface area contributed by atoms with Crippen molar-refractivity contribution in [1.29, 1.82) is 0 Å². The molecule has 1 saturated carbocycles. The first kappa shape index (κ1) is 29.8. The van der Waals surface area contributed by atoms with Crippen LogP contribution < -0.4 is 10.2 Å². The average Bonchev–Trinajstić information content (AvgIpc) is 3.64. The third kappa shape index (κ3) is 6.06. The quantitative estimate of drug-likeness (QED) is 0.336. The largest absolute Gasteiger partial charge is 0.393 e. The lowest BCUT2D eigenvalue weighted by Gasteiger charge is -2.42. The Bertz CT molecular complexity index is 1660. The Morgan fingerprint density at radius 1 is 0.956 bits per heavy atom. The van der Waals surface area contributed by atoms with Crippen molar-refractivity contribution in [1.82, 2.24) is 34.1 Å². The number of carbonyl (C=O) groups excluding carboxylic acids is 1. The molecule has 5 heterocycles. The number of halogens is 1. The molecule has 1 aliphatic carbocycles. The van der Waals surface area contributed by atoms with E-state index < -0.39 is 11.7 Å². The van der Waals surface area contributed by atoms with Gasteiger partial charge < -0.3 is 19.5 Å². The number of hydrogen-bond donors (Lipinski definition) is 2. The van der Waals surface area contributed by atoms with Gasteiger partial charge in [-0.05, 0) is 69.8 Å². The van der Waals surface area contributed by atoms with Crippen LogP contribution in [0.2, 0.25) is 0 Å². The molecule has 3 aliphatic rings. The monoisotopic (exact) mass is 615 g/mol. The fourth-order valence-electron chi connectivity index (χ4n) is 7.26. The second-order valence-electron chi connectivity index (χ2n) is 12.9. The summed E-state index contributed by atoms with van der Waals surface area (Å²) >= 11 is 0. The van der Waals surface area contributed by atoms with Crippen molar-refractivity contribution in [2.45, 2.75) is 56.7 Å². The Balaban J connectivity index is 1.16. The van der Waals surface area contributed by atoms with Crippen molar-refractivity contribution in [3.05, 3.63) is 54.2 Å². The van der Waals surface area contributed by atoms with Gasteiger partial charge in [0.2, 0.25) is 5.95 Å². The number of pyridine rings is 1. The first-order valence-corrected chi connectivity index (χ1v) is 16.2. The molecular formula is C33H42FN9O2. The molecule has 1 aromatic carbocycles. The zero-order valence-corrected chi connectivity index (χ0v) is 26.1. The molecule has 2 aliphatic heterocycles. The molecule has 7 rings (SSSR count). The third-order valence-electron chi connectivity index (χ3n) is 9.93. The molecule has 238 valence electrons. The number of anilines is 2. The molecular weight excluding hydrogens is 573 g/mol. The van der Waals surface area contributed by atoms with Crippen molar-refractivity contribution in [3.8, 4) is 11.3 Å². The third-order valence-corrected chi connectivity index (χ3v) is 9.93. The summed E-state index contributed by atoms with van der Waals surface area (Å²) in [6.07, 6.45) is 9.49. The number of rotatable bonds is 6. The molecule has 0 bridgehead atoms. The molecule has 4 aromatic rings. The van der Waals surface area contributed by atoms with Crippen LogP contribution >= 0.6 is 0 Å². The predicted molar refractivity (Wildman–Crippen MR) is 172 cm³/mol. The molecule has 0 atom stereocenters. The normalized spacial score (nSPS) is 22.3. The maximum Gasteiger partial charge on any atom is 0.261 e. The van der Waals surface area contributed by atoms with E-state index in [-0.39, 0.29) is 23.4 Å². The van der Waals surface area contributed by atoms with Crippen LogP contribution in [0, 0.1) is 5.82 Å². The minimum atomic E-state index is -0.700. The average molecular weight is 616 g/mol. The summed E-state index contributed by atoms with van der Waals surface area (Å²) in [7, 11) is 3.94. The van der Waals surface area contributed by atoms with Gasteiger partial charge in [0, 0.05) is 82.0 Å². The minimum absolute atomic E-state index is 0.0557. The van der Waals surface area contributed by atoms with Crippen LogP contribution in [-0.4, -0.2) is 104 Å². The number of piperazine rings is 1. The number of amides is 1. The highest BCUT2D eigenvalue weighted by Crippen LogP contribution is 2.36. The second kappa shape index (κ2) is 12.5. The Labute approximate surface area is 262 Å². The summed E-state index contributed by atoms with van der Waals surface area (Å²) in [6.45, 7) is 6.55. The van der Waals surface area contributed by atoms with E-state index in [0.29, 0.717) is 30.4 Å². The molecule has 3 fully saturated rings. The van der Waals surface area contributed by atoms with Crippen molar-refractivity contribution >= 4 is 28.6 Å². The molecule has 2 saturated heterocycles. The summed E-state index contributed by atoms with van der Waals surface area (Å²) < 4.78 is 19.3. The molecule has 3 aromatic heterocycles. The van der Waals surface area contributed by atoms with Gasteiger partial charge in [0.15, 0.2) is 5.82 Å². The van der Waals surface area contributed by atoms with Gasteiger partial charge >= 0.3 is 0 Å². The molecule has 0 radical (unpaired) electrons.